The number of pyridine rings is 2. The number of nitrogens with zero attached hydrogens (tertiary/aromatic N) is 5. The minimum absolute atomic E-state index is 0.298. The second kappa shape index (κ2) is 6.68. The molecule has 0 saturated heterocycles. The van der Waals surface area contributed by atoms with Crippen molar-refractivity contribution in [1.29, 1.82) is 0 Å². The summed E-state index contributed by atoms with van der Waals surface area (Å²) >= 11 is 0. The normalized spacial score (nSPS) is 14.2. The lowest BCUT2D eigenvalue weighted by Gasteiger charge is -2.29. The Morgan fingerprint density at radius 3 is 2.85 bits per heavy atom. The maximum Gasteiger partial charge on any atom is 0.338 e. The van der Waals surface area contributed by atoms with E-state index in [0.717, 1.165) is 35.6 Å². The molecule has 4 heterocycles. The van der Waals surface area contributed by atoms with Crippen molar-refractivity contribution in [3.63, 3.8) is 0 Å². The van der Waals surface area contributed by atoms with Crippen LogP contribution in [-0.2, 0) is 26.6 Å². The van der Waals surface area contributed by atoms with Crippen LogP contribution in [0.4, 0.5) is 0 Å². The number of carbonyl (C=O) groups is 1. The van der Waals surface area contributed by atoms with Crippen LogP contribution in [0.1, 0.15) is 27.3 Å². The molecule has 0 aliphatic carbocycles. The molecule has 0 aromatic carbocycles. The van der Waals surface area contributed by atoms with Crippen molar-refractivity contribution in [2.75, 3.05) is 6.54 Å². The number of carboxylic acid groups (broad SMARTS) is 1. The fraction of sp³-hybridized carbons (Fsp3) is 0.263. The van der Waals surface area contributed by atoms with Crippen molar-refractivity contribution in [2.24, 2.45) is 7.05 Å². The predicted molar refractivity (Wildman–Crippen MR) is 95.5 cm³/mol. The molecule has 0 radical (unpaired) electrons. The number of hydrogen-bond acceptors (Lipinski definition) is 5. The summed E-state index contributed by atoms with van der Waals surface area (Å²) in [5, 5.41) is 9.81. The number of fused-ring (bicyclic) bond motifs is 1. The Balaban J connectivity index is 1.68. The molecular formula is C19H19N5O2. The summed E-state index contributed by atoms with van der Waals surface area (Å²) in [6.45, 7) is 2.19. The fourth-order valence-electron chi connectivity index (χ4n) is 3.44. The number of carboxylic acids is 1. The molecule has 0 atom stereocenters. The minimum atomic E-state index is -0.939. The standard InChI is InChI=1S/C19H19N5O2/c1-23-8-6-21-16(23)12-24-7-4-15-14(11-24)10-22-18(17(15)19(25)26)13-3-2-5-20-9-13/h2-3,5-6,8-10H,4,7,11-12H2,1H3,(H,25,26). The first-order valence-electron chi connectivity index (χ1n) is 8.46. The molecule has 1 N–H and O–H groups in total. The molecule has 0 unspecified atom stereocenters. The fourth-order valence-corrected chi connectivity index (χ4v) is 3.44. The van der Waals surface area contributed by atoms with E-state index in [1.54, 1.807) is 30.9 Å². The highest BCUT2D eigenvalue weighted by molar-refractivity contribution is 5.96. The molecule has 7 heteroatoms. The van der Waals surface area contributed by atoms with Gasteiger partial charge in [-0.15, -0.1) is 0 Å². The van der Waals surface area contributed by atoms with Gasteiger partial charge in [0.2, 0.25) is 0 Å². The molecule has 0 bridgehead atoms. The average molecular weight is 349 g/mol. The maximum absolute atomic E-state index is 12.0. The summed E-state index contributed by atoms with van der Waals surface area (Å²) in [7, 11) is 1.98. The summed E-state index contributed by atoms with van der Waals surface area (Å²) in [5.41, 5.74) is 3.36. The molecule has 26 heavy (non-hydrogen) atoms. The molecule has 3 aromatic rings. The number of aryl methyl sites for hydroxylation is 1. The van der Waals surface area contributed by atoms with Crippen molar-refractivity contribution in [3.05, 3.63) is 65.6 Å². The van der Waals surface area contributed by atoms with Crippen molar-refractivity contribution in [3.8, 4) is 11.3 Å². The minimum Gasteiger partial charge on any atom is -0.478 e. The highest BCUT2D eigenvalue weighted by Crippen LogP contribution is 2.29. The second-order valence-electron chi connectivity index (χ2n) is 6.45. The van der Waals surface area contributed by atoms with Crippen LogP contribution in [0.2, 0.25) is 0 Å². The van der Waals surface area contributed by atoms with Gasteiger partial charge < -0.3 is 9.67 Å². The van der Waals surface area contributed by atoms with Crippen LogP contribution in [0.5, 0.6) is 0 Å². The number of aromatic carboxylic acids is 1. The Morgan fingerprint density at radius 1 is 1.27 bits per heavy atom. The number of aromatic nitrogens is 4. The van der Waals surface area contributed by atoms with Crippen LogP contribution in [0.25, 0.3) is 11.3 Å². The van der Waals surface area contributed by atoms with E-state index in [-0.39, 0.29) is 0 Å². The van der Waals surface area contributed by atoms with E-state index < -0.39 is 5.97 Å². The molecule has 3 aromatic heterocycles. The van der Waals surface area contributed by atoms with Gasteiger partial charge in [0.1, 0.15) is 5.82 Å². The van der Waals surface area contributed by atoms with E-state index in [0.29, 0.717) is 24.2 Å². The Bertz CT molecular complexity index is 952. The molecule has 0 spiro atoms. The lowest BCUT2D eigenvalue weighted by Crippen LogP contribution is -2.32. The lowest BCUT2D eigenvalue weighted by atomic mass is 9.93. The molecule has 4 rings (SSSR count). The van der Waals surface area contributed by atoms with E-state index in [1.165, 1.54) is 0 Å². The van der Waals surface area contributed by atoms with Crippen molar-refractivity contribution in [2.45, 2.75) is 19.5 Å². The molecule has 1 aliphatic rings. The van der Waals surface area contributed by atoms with Gasteiger partial charge in [-0.1, -0.05) is 0 Å². The maximum atomic E-state index is 12.0. The highest BCUT2D eigenvalue weighted by atomic mass is 16.4. The van der Waals surface area contributed by atoms with Gasteiger partial charge in [-0.25, -0.2) is 9.78 Å². The lowest BCUT2D eigenvalue weighted by molar-refractivity contribution is 0.0695. The molecule has 7 nitrogen and oxygen atoms in total. The van der Waals surface area contributed by atoms with Gasteiger partial charge in [0, 0.05) is 56.7 Å². The number of imidazole rings is 1. The highest BCUT2D eigenvalue weighted by Gasteiger charge is 2.26. The summed E-state index contributed by atoms with van der Waals surface area (Å²) in [6, 6.07) is 3.63. The molecule has 132 valence electrons. The SMILES string of the molecule is Cn1ccnc1CN1CCc2c(cnc(-c3cccnc3)c2C(=O)O)C1. The first-order chi connectivity index (χ1) is 12.6. The number of rotatable bonds is 4. The van der Waals surface area contributed by atoms with Gasteiger partial charge in [-0.05, 0) is 29.7 Å². The van der Waals surface area contributed by atoms with Crippen molar-refractivity contribution < 1.29 is 9.90 Å². The zero-order valence-corrected chi connectivity index (χ0v) is 14.5. The zero-order valence-electron chi connectivity index (χ0n) is 14.5. The van der Waals surface area contributed by atoms with Crippen LogP contribution >= 0.6 is 0 Å². The first kappa shape index (κ1) is 16.4. The van der Waals surface area contributed by atoms with Gasteiger partial charge >= 0.3 is 5.97 Å². The molecule has 0 saturated carbocycles. The van der Waals surface area contributed by atoms with E-state index in [4.69, 9.17) is 0 Å². The third kappa shape index (κ3) is 2.97. The van der Waals surface area contributed by atoms with Gasteiger partial charge in [0.25, 0.3) is 0 Å². The topological polar surface area (TPSA) is 84.1 Å². The smallest absolute Gasteiger partial charge is 0.338 e. The predicted octanol–water partition coefficient (Wildman–Crippen LogP) is 2.13. The van der Waals surface area contributed by atoms with Gasteiger partial charge in [0.15, 0.2) is 0 Å². The Hall–Kier alpha value is -3.06. The summed E-state index contributed by atoms with van der Waals surface area (Å²) in [6.07, 6.45) is 9.51. The van der Waals surface area contributed by atoms with E-state index >= 15 is 0 Å². The Kier molecular flexibility index (Phi) is 4.22. The van der Waals surface area contributed by atoms with E-state index in [1.807, 2.05) is 23.9 Å². The molecular weight excluding hydrogens is 330 g/mol. The van der Waals surface area contributed by atoms with Gasteiger partial charge in [-0.2, -0.15) is 0 Å². The Morgan fingerprint density at radius 2 is 2.15 bits per heavy atom. The Labute approximate surface area is 151 Å². The summed E-state index contributed by atoms with van der Waals surface area (Å²) in [5.74, 6) is 0.0533. The van der Waals surface area contributed by atoms with Crippen molar-refractivity contribution >= 4 is 5.97 Å². The first-order valence-corrected chi connectivity index (χ1v) is 8.46. The van der Waals surface area contributed by atoms with Crippen molar-refractivity contribution in [1.82, 2.24) is 24.4 Å². The van der Waals surface area contributed by atoms with Crippen LogP contribution in [0, 0.1) is 0 Å². The van der Waals surface area contributed by atoms with Crippen LogP contribution in [-0.4, -0.2) is 42.0 Å². The molecule has 0 amide bonds. The van der Waals surface area contributed by atoms with Gasteiger partial charge in [0.05, 0.1) is 17.8 Å². The number of hydrogen-bond donors (Lipinski definition) is 1. The molecule has 1 aliphatic heterocycles. The van der Waals surface area contributed by atoms with Crippen LogP contribution in [0.15, 0.2) is 43.1 Å². The monoisotopic (exact) mass is 349 g/mol. The average Bonchev–Trinajstić information content (AvgIpc) is 3.06. The van der Waals surface area contributed by atoms with Crippen LogP contribution in [0.3, 0.4) is 0 Å². The van der Waals surface area contributed by atoms with E-state index in [2.05, 4.69) is 19.9 Å². The van der Waals surface area contributed by atoms with Gasteiger partial charge in [-0.3, -0.25) is 14.9 Å². The van der Waals surface area contributed by atoms with Crippen LogP contribution < -0.4 is 0 Å². The summed E-state index contributed by atoms with van der Waals surface area (Å²) in [4.78, 5) is 27.1. The van der Waals surface area contributed by atoms with E-state index in [9.17, 15) is 9.90 Å². The second-order valence-corrected chi connectivity index (χ2v) is 6.45. The molecule has 0 fully saturated rings. The zero-order chi connectivity index (χ0) is 18.1. The quantitative estimate of drug-likeness (QED) is 0.777. The largest absolute Gasteiger partial charge is 0.478 e. The third-order valence-electron chi connectivity index (χ3n) is 4.78. The third-order valence-corrected chi connectivity index (χ3v) is 4.78. The summed E-state index contributed by atoms with van der Waals surface area (Å²) < 4.78 is 2.00.